The number of hydrogen-bond donors (Lipinski definition) is 2. The van der Waals surface area contributed by atoms with E-state index in [0.29, 0.717) is 29.3 Å². The lowest BCUT2D eigenvalue weighted by molar-refractivity contribution is -0.148. The number of Topliss-reactive ketones (excluding diaryl/α,β-unsaturated/α-hetero) is 1. The van der Waals surface area contributed by atoms with Crippen molar-refractivity contribution in [3.05, 3.63) is 47.6 Å². The second-order valence-corrected chi connectivity index (χ2v) is 13.8. The number of fused-ring (bicyclic) bond motifs is 1. The van der Waals surface area contributed by atoms with Crippen molar-refractivity contribution < 1.29 is 47.7 Å². The van der Waals surface area contributed by atoms with Crippen molar-refractivity contribution in [2.75, 3.05) is 20.8 Å². The van der Waals surface area contributed by atoms with Gasteiger partial charge < -0.3 is 40.0 Å². The van der Waals surface area contributed by atoms with Gasteiger partial charge in [0.25, 0.3) is 5.78 Å². The number of unbranched alkanes of at least 4 members (excludes halogenated alkanes) is 3. The van der Waals surface area contributed by atoms with Crippen LogP contribution in [0.25, 0.3) is 16.4 Å². The van der Waals surface area contributed by atoms with E-state index in [-0.39, 0.29) is 36.4 Å². The Morgan fingerprint density at radius 3 is 2.58 bits per heavy atom. The first kappa shape index (κ1) is 38.9. The Bertz CT molecular complexity index is 1790. The van der Waals surface area contributed by atoms with Crippen molar-refractivity contribution in [1.29, 1.82) is 0 Å². The summed E-state index contributed by atoms with van der Waals surface area (Å²) in [7, 11) is 2.76. The SMILES string of the molecule is CCCCCC=CC1C[C@]1(NC(=O)[C@@H]1C[C@@H](Oc2cc(C(=O)C=[N+]=[N-])nc3cc(OC)ccc23)CN1C(=O)[C@H](C)NC(=O)OC1CCCC1)C(=O)OC. The van der Waals surface area contributed by atoms with Crippen LogP contribution < -0.4 is 20.1 Å². The number of nitrogens with zero attached hydrogens (tertiary/aromatic N) is 4. The number of carbonyl (C=O) groups is 5. The number of carbonyl (C=O) groups excluding carboxylic acids is 5. The third-order valence-corrected chi connectivity index (χ3v) is 10.1. The molecule has 3 fully saturated rings. The number of ketones is 1. The van der Waals surface area contributed by atoms with Crippen molar-refractivity contribution >= 4 is 46.8 Å². The van der Waals surface area contributed by atoms with E-state index in [4.69, 9.17) is 24.5 Å². The predicted molar refractivity (Wildman–Crippen MR) is 192 cm³/mol. The highest BCUT2D eigenvalue weighted by Crippen LogP contribution is 2.46. The third-order valence-electron chi connectivity index (χ3n) is 10.1. The van der Waals surface area contributed by atoms with E-state index in [1.54, 1.807) is 18.2 Å². The van der Waals surface area contributed by atoms with Crippen LogP contribution >= 0.6 is 0 Å². The smallest absolute Gasteiger partial charge is 0.408 e. The molecule has 2 heterocycles. The van der Waals surface area contributed by atoms with Gasteiger partial charge in [-0.25, -0.2) is 14.6 Å². The fourth-order valence-corrected chi connectivity index (χ4v) is 7.09. The zero-order valence-electron chi connectivity index (χ0n) is 30.7. The fourth-order valence-electron chi connectivity index (χ4n) is 7.09. The van der Waals surface area contributed by atoms with Gasteiger partial charge in [0.1, 0.15) is 47.0 Å². The number of benzene rings is 1. The predicted octanol–water partition coefficient (Wildman–Crippen LogP) is 4.32. The molecule has 0 radical (unpaired) electrons. The Morgan fingerprint density at radius 2 is 1.89 bits per heavy atom. The van der Waals surface area contributed by atoms with Crippen LogP contribution in [-0.2, 0) is 23.9 Å². The molecule has 0 bridgehead atoms. The highest BCUT2D eigenvalue weighted by molar-refractivity contribution is 6.33. The number of pyridine rings is 1. The van der Waals surface area contributed by atoms with E-state index in [9.17, 15) is 24.0 Å². The molecule has 5 atom stereocenters. The number of rotatable bonds is 16. The fraction of sp³-hybridized carbons (Fsp3) is 0.553. The summed E-state index contributed by atoms with van der Waals surface area (Å²) in [6.45, 7) is 3.58. The number of hydrogen-bond acceptors (Lipinski definition) is 10. The number of ether oxygens (including phenoxy) is 4. The van der Waals surface area contributed by atoms with Crippen LogP contribution in [0.1, 0.15) is 88.5 Å². The standard InChI is InChI=1S/C38H48N6O9/c1-5-6-7-8-9-12-24-20-38(24,36(48)51-4)43-34(46)31-18-27(22-44(31)35(47)23(2)41-37(49)53-25-13-10-11-14-25)52-33-19-30(32(45)21-40-39)42-29-17-26(50-3)15-16-28(29)33/h9,12,15-17,19,21,23-25,27,31H,5-8,10-11,13-14,18,20,22H2,1-4H3,(H,41,49)(H,43,46)/t23-,24?,27+,31-,38+/m0/s1. The van der Waals surface area contributed by atoms with E-state index >= 15 is 0 Å². The maximum absolute atomic E-state index is 14.2. The minimum atomic E-state index is -1.28. The van der Waals surface area contributed by atoms with Crippen molar-refractivity contribution in [2.24, 2.45) is 5.92 Å². The molecule has 1 aromatic heterocycles. The summed E-state index contributed by atoms with van der Waals surface area (Å²) in [5.74, 6) is -1.94. The molecule has 3 aliphatic rings. The molecule has 2 saturated carbocycles. The summed E-state index contributed by atoms with van der Waals surface area (Å²) in [4.78, 5) is 75.2. The molecular weight excluding hydrogens is 684 g/mol. The molecule has 284 valence electrons. The maximum Gasteiger partial charge on any atom is 0.408 e. The highest BCUT2D eigenvalue weighted by Gasteiger charge is 2.62. The van der Waals surface area contributed by atoms with Gasteiger partial charge in [0.2, 0.25) is 11.8 Å². The average Bonchev–Trinajstić information content (AvgIpc) is 3.42. The topological polar surface area (TPSA) is 199 Å². The monoisotopic (exact) mass is 732 g/mol. The Balaban J connectivity index is 1.40. The summed E-state index contributed by atoms with van der Waals surface area (Å²) in [6.07, 6.45) is 10.8. The minimum Gasteiger partial charge on any atom is -0.497 e. The number of amides is 3. The van der Waals surface area contributed by atoms with Crippen molar-refractivity contribution in [2.45, 2.75) is 108 Å². The molecule has 5 rings (SSSR count). The third kappa shape index (κ3) is 9.20. The molecular formula is C38H48N6O9. The minimum absolute atomic E-state index is 0.0208. The van der Waals surface area contributed by atoms with Gasteiger partial charge in [0.05, 0.1) is 26.3 Å². The summed E-state index contributed by atoms with van der Waals surface area (Å²) >= 11 is 0. The summed E-state index contributed by atoms with van der Waals surface area (Å²) < 4.78 is 22.4. The molecule has 1 aromatic carbocycles. The van der Waals surface area contributed by atoms with Gasteiger partial charge in [-0.15, -0.1) is 0 Å². The number of alkyl carbamates (subject to hydrolysis) is 1. The molecule has 2 aromatic rings. The molecule has 53 heavy (non-hydrogen) atoms. The first-order chi connectivity index (χ1) is 25.5. The maximum atomic E-state index is 14.2. The lowest BCUT2D eigenvalue weighted by Gasteiger charge is -2.28. The van der Waals surface area contributed by atoms with Gasteiger partial charge >= 0.3 is 18.3 Å². The van der Waals surface area contributed by atoms with Crippen LogP contribution in [0.15, 0.2) is 36.4 Å². The normalized spacial score (nSPS) is 22.9. The van der Waals surface area contributed by atoms with Crippen LogP contribution in [0.5, 0.6) is 11.5 Å². The quantitative estimate of drug-likeness (QED) is 0.0477. The molecule has 1 saturated heterocycles. The molecule has 2 N–H and O–H groups in total. The Morgan fingerprint density at radius 1 is 1.11 bits per heavy atom. The lowest BCUT2D eigenvalue weighted by Crippen LogP contribution is -2.56. The van der Waals surface area contributed by atoms with Crippen LogP contribution in [0.2, 0.25) is 0 Å². The zero-order valence-corrected chi connectivity index (χ0v) is 30.7. The number of nitrogens with one attached hydrogen (secondary N) is 2. The molecule has 1 unspecified atom stereocenters. The summed E-state index contributed by atoms with van der Waals surface area (Å²) in [6, 6.07) is 4.28. The molecule has 15 heteroatoms. The van der Waals surface area contributed by atoms with Crippen molar-refractivity contribution in [3.63, 3.8) is 0 Å². The van der Waals surface area contributed by atoms with Crippen LogP contribution in [-0.4, -0.2) is 101 Å². The van der Waals surface area contributed by atoms with E-state index in [2.05, 4.69) is 27.3 Å². The number of likely N-dealkylation sites (tertiary alicyclic amines) is 1. The number of aromatic nitrogens is 1. The van der Waals surface area contributed by atoms with Gasteiger partial charge in [-0.2, -0.15) is 4.79 Å². The Labute approximate surface area is 308 Å². The largest absolute Gasteiger partial charge is 0.497 e. The van der Waals surface area contributed by atoms with Gasteiger partial charge in [-0.3, -0.25) is 14.4 Å². The first-order valence-electron chi connectivity index (χ1n) is 18.2. The summed E-state index contributed by atoms with van der Waals surface area (Å²) in [5, 5.41) is 6.04. The van der Waals surface area contributed by atoms with Crippen LogP contribution in [0.4, 0.5) is 4.79 Å². The van der Waals surface area contributed by atoms with Gasteiger partial charge in [-0.05, 0) is 64.0 Å². The Kier molecular flexibility index (Phi) is 12.8. The van der Waals surface area contributed by atoms with E-state index in [0.717, 1.165) is 51.4 Å². The number of methoxy groups -OCH3 is 2. The number of allylic oxidation sites excluding steroid dienone is 1. The number of esters is 1. The van der Waals surface area contributed by atoms with Gasteiger partial charge in [-0.1, -0.05) is 31.9 Å². The molecule has 2 aliphatic carbocycles. The van der Waals surface area contributed by atoms with Crippen LogP contribution in [0.3, 0.4) is 0 Å². The highest BCUT2D eigenvalue weighted by atomic mass is 16.6. The molecule has 0 spiro atoms. The van der Waals surface area contributed by atoms with Crippen molar-refractivity contribution in [1.82, 2.24) is 20.5 Å². The Hall–Kier alpha value is -5.30. The van der Waals surface area contributed by atoms with E-state index in [1.807, 2.05) is 12.2 Å². The molecule has 1 aliphatic heterocycles. The lowest BCUT2D eigenvalue weighted by atomic mass is 10.1. The average molecular weight is 733 g/mol. The second-order valence-electron chi connectivity index (χ2n) is 13.8. The second kappa shape index (κ2) is 17.5. The van der Waals surface area contributed by atoms with Crippen LogP contribution in [0, 0.1) is 5.92 Å². The van der Waals surface area contributed by atoms with E-state index in [1.165, 1.54) is 32.1 Å². The van der Waals surface area contributed by atoms with E-state index < -0.39 is 53.4 Å². The first-order valence-corrected chi connectivity index (χ1v) is 18.2. The summed E-state index contributed by atoms with van der Waals surface area (Å²) in [5.41, 5.74) is 7.99. The van der Waals surface area contributed by atoms with Gasteiger partial charge in [0, 0.05) is 29.9 Å². The van der Waals surface area contributed by atoms with Gasteiger partial charge in [0.15, 0.2) is 0 Å². The van der Waals surface area contributed by atoms with Crippen molar-refractivity contribution in [3.8, 4) is 11.5 Å². The molecule has 3 amide bonds. The zero-order chi connectivity index (χ0) is 38.1. The molecule has 15 nitrogen and oxygen atoms in total.